The second-order valence-corrected chi connectivity index (χ2v) is 16.3. The van der Waals surface area contributed by atoms with Gasteiger partial charge in [0.05, 0.1) is 5.11 Å². The number of rotatable bonds is 8. The lowest BCUT2D eigenvalue weighted by molar-refractivity contribution is -0.570. The molecule has 0 radical (unpaired) electrons. The molecule has 1 atom stereocenters. The van der Waals surface area contributed by atoms with Crippen molar-refractivity contribution >= 4 is 9.84 Å². The van der Waals surface area contributed by atoms with Gasteiger partial charge >= 0.3 is 6.17 Å². The van der Waals surface area contributed by atoms with Crippen LogP contribution >= 0.6 is 0 Å². The molecular formula is C38H51N16O2S+. The van der Waals surface area contributed by atoms with Crippen LogP contribution in [-0.2, 0) is 9.84 Å². The third-order valence-corrected chi connectivity index (χ3v) is 9.37. The van der Waals surface area contributed by atoms with Crippen molar-refractivity contribution in [2.45, 2.75) is 97.2 Å². The van der Waals surface area contributed by atoms with E-state index >= 15 is 0 Å². The van der Waals surface area contributed by atoms with E-state index in [1.54, 1.807) is 30.1 Å². The molecule has 0 saturated heterocycles. The van der Waals surface area contributed by atoms with Crippen LogP contribution in [0.4, 0.5) is 0 Å². The second-order valence-electron chi connectivity index (χ2n) is 14.3. The van der Waals surface area contributed by atoms with Crippen molar-refractivity contribution in [2.75, 3.05) is 13.3 Å². The lowest BCUT2D eigenvalue weighted by atomic mass is 10.1. The van der Waals surface area contributed by atoms with Crippen molar-refractivity contribution in [2.24, 2.45) is 15.5 Å². The number of azo groups is 1. The Morgan fingerprint density at radius 3 is 1.65 bits per heavy atom. The Balaban J connectivity index is 0.000000169. The predicted molar refractivity (Wildman–Crippen MR) is 213 cm³/mol. The first-order chi connectivity index (χ1) is 27.0. The van der Waals surface area contributed by atoms with Gasteiger partial charge in [0.2, 0.25) is 0 Å². The van der Waals surface area contributed by atoms with E-state index in [0.29, 0.717) is 23.7 Å². The molecule has 6 aromatic heterocycles. The van der Waals surface area contributed by atoms with Crippen LogP contribution in [0, 0.1) is 6.92 Å². The van der Waals surface area contributed by atoms with E-state index in [1.807, 2.05) is 75.8 Å². The van der Waals surface area contributed by atoms with Gasteiger partial charge in [-0.25, -0.2) is 23.4 Å². The summed E-state index contributed by atoms with van der Waals surface area (Å²) in [6.45, 7) is 18.7. The zero-order valence-corrected chi connectivity index (χ0v) is 35.1. The van der Waals surface area contributed by atoms with Crippen LogP contribution < -0.4 is 0 Å². The highest BCUT2D eigenvalue weighted by atomic mass is 32.2. The fourth-order valence-electron chi connectivity index (χ4n) is 4.77. The fraction of sp³-hybridized carbons (Fsp3) is 0.421. The Morgan fingerprint density at radius 2 is 1.26 bits per heavy atom. The van der Waals surface area contributed by atoms with Gasteiger partial charge in [0.25, 0.3) is 0 Å². The maximum absolute atomic E-state index is 11.1. The SMILES string of the molecule is CC(C)c1ccc(-n2cnnn2)nc1.CC(C)c1ccc(C2N=N[N+](C)=N2)cn1.CC(C)c1ccc(S(C)(=O)=O)nc1.Cc1nnnn1-c1ccc(C(C)C)cn1. The molecule has 6 aromatic rings. The topological polar surface area (TPSA) is 213 Å². The molecule has 18 nitrogen and oxygen atoms in total. The molecule has 0 bridgehead atoms. The van der Waals surface area contributed by atoms with Crippen molar-refractivity contribution in [3.05, 3.63) is 113 Å². The molecule has 1 aliphatic heterocycles. The molecule has 0 spiro atoms. The van der Waals surface area contributed by atoms with Crippen LogP contribution in [-0.4, -0.2) is 86.9 Å². The first-order valence-corrected chi connectivity index (χ1v) is 20.3. The van der Waals surface area contributed by atoms with Gasteiger partial charge in [-0.3, -0.25) is 4.98 Å². The van der Waals surface area contributed by atoms with E-state index in [-0.39, 0.29) is 11.2 Å². The molecule has 0 amide bonds. The van der Waals surface area contributed by atoms with E-state index in [9.17, 15) is 8.42 Å². The smallest absolute Gasteiger partial charge is 0.260 e. The molecule has 0 aromatic carbocycles. The highest BCUT2D eigenvalue weighted by Gasteiger charge is 2.23. The summed E-state index contributed by atoms with van der Waals surface area (Å²) in [6, 6.07) is 15.3. The van der Waals surface area contributed by atoms with E-state index < -0.39 is 9.84 Å². The number of sulfone groups is 1. The third-order valence-electron chi connectivity index (χ3n) is 8.37. The zero-order valence-electron chi connectivity index (χ0n) is 34.3. The number of nitrogens with zero attached hydrogens (tertiary/aromatic N) is 16. The number of aromatic nitrogens is 12. The molecule has 19 heteroatoms. The van der Waals surface area contributed by atoms with E-state index in [2.05, 4.69) is 108 Å². The normalized spacial score (nSPS) is 13.5. The van der Waals surface area contributed by atoms with Gasteiger partial charge in [0.1, 0.15) is 13.4 Å². The molecule has 7 heterocycles. The average Bonchev–Trinajstić information content (AvgIpc) is 3.99. The minimum Gasteiger partial charge on any atom is -0.260 e. The van der Waals surface area contributed by atoms with Gasteiger partial charge in [0, 0.05) is 42.3 Å². The van der Waals surface area contributed by atoms with Crippen molar-refractivity contribution < 1.29 is 13.2 Å². The summed E-state index contributed by atoms with van der Waals surface area (Å²) in [5, 5.41) is 34.2. The maximum Gasteiger partial charge on any atom is 0.321 e. The summed E-state index contributed by atoms with van der Waals surface area (Å²) in [5.41, 5.74) is 5.54. The Hall–Kier alpha value is -6.11. The maximum atomic E-state index is 11.1. The third kappa shape index (κ3) is 13.0. The van der Waals surface area contributed by atoms with Gasteiger partial charge in [0.15, 0.2) is 37.5 Å². The second kappa shape index (κ2) is 20.2. The van der Waals surface area contributed by atoms with Gasteiger partial charge < -0.3 is 0 Å². The number of hydrogen-bond donors (Lipinski definition) is 0. The monoisotopic (exact) mass is 795 g/mol. The molecule has 0 aliphatic carbocycles. The van der Waals surface area contributed by atoms with Crippen molar-refractivity contribution in [3.63, 3.8) is 0 Å². The Kier molecular flexibility index (Phi) is 15.4. The van der Waals surface area contributed by atoms with Gasteiger partial charge in [-0.15, -0.1) is 10.2 Å². The number of tetrazole rings is 2. The van der Waals surface area contributed by atoms with E-state index in [1.165, 1.54) is 26.9 Å². The highest BCUT2D eigenvalue weighted by Crippen LogP contribution is 2.24. The van der Waals surface area contributed by atoms with E-state index in [4.69, 9.17) is 0 Å². The standard InChI is InChI=1S/C10H14N5.C10H13N5.C9H11N5.C9H13NO2S/c1-7(2)9-5-4-8(6-11-9)10-12-14-15(3)13-10;1-7(2)9-4-5-10(11-6-9)15-8(3)12-13-14-15;1-7(2)8-3-4-9(10-5-8)14-6-11-12-13-14;1-7(2)8-4-5-9(10-6-8)13(3,11)12/h4-7,10H,1-3H3;4-7H,1-3H3;3-7H,1-2H3;4-7H,1-3H3/q+1;;;. The molecule has 0 N–H and O–H groups in total. The van der Waals surface area contributed by atoms with E-state index in [0.717, 1.165) is 40.5 Å². The molecule has 1 unspecified atom stereocenters. The molecule has 1 aliphatic rings. The van der Waals surface area contributed by atoms with Gasteiger partial charge in [-0.1, -0.05) is 73.6 Å². The first-order valence-electron chi connectivity index (χ1n) is 18.4. The summed E-state index contributed by atoms with van der Waals surface area (Å²) in [6.07, 6.45) is 9.61. The van der Waals surface area contributed by atoms with Crippen LogP contribution in [0.5, 0.6) is 0 Å². The summed E-state index contributed by atoms with van der Waals surface area (Å²) >= 11 is 0. The van der Waals surface area contributed by atoms with Crippen molar-refractivity contribution in [1.82, 2.24) is 60.4 Å². The zero-order chi connectivity index (χ0) is 41.7. The molecule has 57 heavy (non-hydrogen) atoms. The molecular weight excluding hydrogens is 745 g/mol. The summed E-state index contributed by atoms with van der Waals surface area (Å²) in [7, 11) is -1.39. The van der Waals surface area contributed by atoms with Crippen LogP contribution in [0.1, 0.15) is 119 Å². The fourth-order valence-corrected chi connectivity index (χ4v) is 5.33. The minimum absolute atomic E-state index is 0.136. The quantitative estimate of drug-likeness (QED) is 0.143. The first kappa shape index (κ1) is 43.6. The Labute approximate surface area is 333 Å². The van der Waals surface area contributed by atoms with Gasteiger partial charge in [-0.2, -0.15) is 9.36 Å². The van der Waals surface area contributed by atoms with Crippen LogP contribution in [0.2, 0.25) is 0 Å². The summed E-state index contributed by atoms with van der Waals surface area (Å²) in [4.78, 5) is 18.3. The minimum atomic E-state index is -3.16. The number of aryl methyl sites for hydroxylation is 1. The number of pyridine rings is 4. The van der Waals surface area contributed by atoms with Crippen molar-refractivity contribution in [3.8, 4) is 11.6 Å². The highest BCUT2D eigenvalue weighted by molar-refractivity contribution is 7.90. The molecule has 0 fully saturated rings. The molecule has 300 valence electrons. The summed E-state index contributed by atoms with van der Waals surface area (Å²) in [5.74, 6) is 4.03. The largest absolute Gasteiger partial charge is 0.321 e. The van der Waals surface area contributed by atoms with Crippen LogP contribution in [0.25, 0.3) is 11.6 Å². The number of hydrogen-bond acceptors (Lipinski definition) is 15. The lowest BCUT2D eigenvalue weighted by Gasteiger charge is -2.05. The predicted octanol–water partition coefficient (Wildman–Crippen LogP) is 6.96. The van der Waals surface area contributed by atoms with Gasteiger partial charge in [-0.05, 0) is 108 Å². The van der Waals surface area contributed by atoms with Crippen LogP contribution in [0.3, 0.4) is 0 Å². The lowest BCUT2D eigenvalue weighted by Crippen LogP contribution is -2.02. The Bertz CT molecular complexity index is 2290. The average molecular weight is 796 g/mol. The summed E-state index contributed by atoms with van der Waals surface area (Å²) < 4.78 is 25.3. The Morgan fingerprint density at radius 1 is 0.667 bits per heavy atom. The molecule has 7 rings (SSSR count). The van der Waals surface area contributed by atoms with Crippen LogP contribution in [0.15, 0.2) is 100 Å². The molecule has 0 saturated carbocycles. The van der Waals surface area contributed by atoms with Crippen molar-refractivity contribution in [1.29, 1.82) is 0 Å².